The molecule has 0 amide bonds. The second-order valence-electron chi connectivity index (χ2n) is 5.13. The smallest absolute Gasteiger partial charge is 0.00698 e. The summed E-state index contributed by atoms with van der Waals surface area (Å²) in [4.78, 5) is 0. The van der Waals surface area contributed by atoms with Gasteiger partial charge in [0.2, 0.25) is 0 Å². The van der Waals surface area contributed by atoms with E-state index in [1.54, 1.807) is 0 Å². The number of unbranched alkanes of at least 4 members (excludes halogenated alkanes) is 2. The summed E-state index contributed by atoms with van der Waals surface area (Å²) in [5.41, 5.74) is 0. The zero-order valence-corrected chi connectivity index (χ0v) is 10.2. The maximum atomic E-state index is 3.71. The van der Waals surface area contributed by atoms with Gasteiger partial charge in [0.1, 0.15) is 0 Å². The first-order valence-corrected chi connectivity index (χ1v) is 6.47. The second-order valence-corrected chi connectivity index (χ2v) is 5.13. The summed E-state index contributed by atoms with van der Waals surface area (Å²) in [6.07, 6.45) is 8.29. The molecule has 14 heavy (non-hydrogen) atoms. The molecule has 0 aromatic rings. The molecule has 3 atom stereocenters. The van der Waals surface area contributed by atoms with Crippen molar-refractivity contribution in [3.63, 3.8) is 0 Å². The van der Waals surface area contributed by atoms with E-state index < -0.39 is 0 Å². The predicted molar refractivity (Wildman–Crippen MR) is 63.5 cm³/mol. The second kappa shape index (κ2) is 6.44. The SMILES string of the molecule is CCCCCNC1CCC(C)C(C)C1. The van der Waals surface area contributed by atoms with Crippen molar-refractivity contribution < 1.29 is 0 Å². The van der Waals surface area contributed by atoms with E-state index in [0.717, 1.165) is 17.9 Å². The van der Waals surface area contributed by atoms with Crippen LogP contribution in [-0.4, -0.2) is 12.6 Å². The lowest BCUT2D eigenvalue weighted by Gasteiger charge is -2.32. The molecule has 0 saturated heterocycles. The fraction of sp³-hybridized carbons (Fsp3) is 1.00. The highest BCUT2D eigenvalue weighted by Gasteiger charge is 2.23. The lowest BCUT2D eigenvalue weighted by atomic mass is 9.79. The van der Waals surface area contributed by atoms with Gasteiger partial charge in [0.15, 0.2) is 0 Å². The Labute approximate surface area is 89.7 Å². The molecule has 0 radical (unpaired) electrons. The average Bonchev–Trinajstić information content (AvgIpc) is 2.18. The minimum Gasteiger partial charge on any atom is -0.314 e. The maximum Gasteiger partial charge on any atom is 0.00698 e. The molecule has 1 heteroatoms. The van der Waals surface area contributed by atoms with Crippen LogP contribution in [0.5, 0.6) is 0 Å². The van der Waals surface area contributed by atoms with Crippen molar-refractivity contribution >= 4 is 0 Å². The summed E-state index contributed by atoms with van der Waals surface area (Å²) >= 11 is 0. The van der Waals surface area contributed by atoms with Gasteiger partial charge in [0.05, 0.1) is 0 Å². The molecule has 1 saturated carbocycles. The van der Waals surface area contributed by atoms with Crippen LogP contribution in [0.25, 0.3) is 0 Å². The molecule has 1 fully saturated rings. The van der Waals surface area contributed by atoms with Crippen LogP contribution in [0.1, 0.15) is 59.3 Å². The lowest BCUT2D eigenvalue weighted by molar-refractivity contribution is 0.226. The summed E-state index contributed by atoms with van der Waals surface area (Å²) in [5, 5.41) is 3.71. The van der Waals surface area contributed by atoms with Gasteiger partial charge in [-0.2, -0.15) is 0 Å². The summed E-state index contributed by atoms with van der Waals surface area (Å²) in [6, 6.07) is 0.818. The highest BCUT2D eigenvalue weighted by molar-refractivity contribution is 4.79. The molecular formula is C13H27N. The van der Waals surface area contributed by atoms with Gasteiger partial charge >= 0.3 is 0 Å². The molecule has 3 unspecified atom stereocenters. The van der Waals surface area contributed by atoms with Crippen LogP contribution in [-0.2, 0) is 0 Å². The highest BCUT2D eigenvalue weighted by Crippen LogP contribution is 2.29. The van der Waals surface area contributed by atoms with Gasteiger partial charge in [-0.1, -0.05) is 33.6 Å². The van der Waals surface area contributed by atoms with Gasteiger partial charge in [-0.25, -0.2) is 0 Å². The van der Waals surface area contributed by atoms with Crippen molar-refractivity contribution in [2.75, 3.05) is 6.54 Å². The van der Waals surface area contributed by atoms with Crippen LogP contribution in [0, 0.1) is 11.8 Å². The monoisotopic (exact) mass is 197 g/mol. The number of nitrogens with one attached hydrogen (secondary N) is 1. The van der Waals surface area contributed by atoms with Gasteiger partial charge in [0.25, 0.3) is 0 Å². The van der Waals surface area contributed by atoms with Crippen molar-refractivity contribution in [2.24, 2.45) is 11.8 Å². The van der Waals surface area contributed by atoms with Crippen molar-refractivity contribution in [3.05, 3.63) is 0 Å². The third-order valence-electron chi connectivity index (χ3n) is 3.81. The molecule has 1 N–H and O–H groups in total. The van der Waals surface area contributed by atoms with Crippen molar-refractivity contribution in [3.8, 4) is 0 Å². The summed E-state index contributed by atoms with van der Waals surface area (Å²) in [5.74, 6) is 1.87. The molecule has 1 rings (SSSR count). The molecule has 0 aromatic heterocycles. The standard InChI is InChI=1S/C13H27N/c1-4-5-6-9-14-13-8-7-11(2)12(3)10-13/h11-14H,4-10H2,1-3H3. The fourth-order valence-corrected chi connectivity index (χ4v) is 2.41. The molecule has 0 spiro atoms. The van der Waals surface area contributed by atoms with E-state index >= 15 is 0 Å². The van der Waals surface area contributed by atoms with Crippen LogP contribution >= 0.6 is 0 Å². The van der Waals surface area contributed by atoms with E-state index in [0.29, 0.717) is 0 Å². The van der Waals surface area contributed by atoms with Gasteiger partial charge in [-0.15, -0.1) is 0 Å². The Morgan fingerprint density at radius 3 is 2.50 bits per heavy atom. The van der Waals surface area contributed by atoms with Crippen molar-refractivity contribution in [1.29, 1.82) is 0 Å². The molecule has 1 nitrogen and oxygen atoms in total. The maximum absolute atomic E-state index is 3.71. The van der Waals surface area contributed by atoms with Crippen molar-refractivity contribution in [2.45, 2.75) is 65.3 Å². The van der Waals surface area contributed by atoms with E-state index in [4.69, 9.17) is 0 Å². The zero-order chi connectivity index (χ0) is 10.4. The van der Waals surface area contributed by atoms with Gasteiger partial charge in [-0.3, -0.25) is 0 Å². The van der Waals surface area contributed by atoms with E-state index in [-0.39, 0.29) is 0 Å². The third-order valence-corrected chi connectivity index (χ3v) is 3.81. The quantitative estimate of drug-likeness (QED) is 0.664. The largest absolute Gasteiger partial charge is 0.314 e. The third kappa shape index (κ3) is 4.00. The Kier molecular flexibility index (Phi) is 5.54. The van der Waals surface area contributed by atoms with Gasteiger partial charge < -0.3 is 5.32 Å². The minimum atomic E-state index is 0.818. The Hall–Kier alpha value is -0.0400. The summed E-state index contributed by atoms with van der Waals surface area (Å²) < 4.78 is 0. The Morgan fingerprint density at radius 2 is 1.86 bits per heavy atom. The molecular weight excluding hydrogens is 170 g/mol. The normalized spacial score (nSPS) is 33.2. The Morgan fingerprint density at radius 1 is 1.07 bits per heavy atom. The van der Waals surface area contributed by atoms with Crippen LogP contribution in [0.3, 0.4) is 0 Å². The van der Waals surface area contributed by atoms with Crippen LogP contribution in [0.2, 0.25) is 0 Å². The van der Waals surface area contributed by atoms with Crippen LogP contribution in [0.15, 0.2) is 0 Å². The molecule has 1 aliphatic rings. The van der Waals surface area contributed by atoms with Gasteiger partial charge in [-0.05, 0) is 44.1 Å². The first kappa shape index (κ1) is 12.0. The molecule has 0 aromatic carbocycles. The van der Waals surface area contributed by atoms with E-state index in [1.165, 1.54) is 45.1 Å². The van der Waals surface area contributed by atoms with Crippen molar-refractivity contribution in [1.82, 2.24) is 5.32 Å². The topological polar surface area (TPSA) is 12.0 Å². The van der Waals surface area contributed by atoms with E-state index in [9.17, 15) is 0 Å². The summed E-state index contributed by atoms with van der Waals surface area (Å²) in [7, 11) is 0. The molecule has 1 aliphatic carbocycles. The Bertz CT molecular complexity index is 144. The highest BCUT2D eigenvalue weighted by atomic mass is 14.9. The molecule has 0 bridgehead atoms. The molecule has 84 valence electrons. The molecule has 0 aliphatic heterocycles. The fourth-order valence-electron chi connectivity index (χ4n) is 2.41. The zero-order valence-electron chi connectivity index (χ0n) is 10.2. The average molecular weight is 197 g/mol. The van der Waals surface area contributed by atoms with Crippen LogP contribution in [0.4, 0.5) is 0 Å². The van der Waals surface area contributed by atoms with Crippen LogP contribution < -0.4 is 5.32 Å². The van der Waals surface area contributed by atoms with Gasteiger partial charge in [0, 0.05) is 6.04 Å². The molecule has 0 heterocycles. The predicted octanol–water partition coefficient (Wildman–Crippen LogP) is 3.59. The number of hydrogen-bond donors (Lipinski definition) is 1. The first-order chi connectivity index (χ1) is 6.74. The Balaban J connectivity index is 2.07. The van der Waals surface area contributed by atoms with E-state index in [2.05, 4.69) is 26.1 Å². The van der Waals surface area contributed by atoms with E-state index in [1.807, 2.05) is 0 Å². The minimum absolute atomic E-state index is 0.818. The summed E-state index contributed by atoms with van der Waals surface area (Å²) in [6.45, 7) is 8.31. The first-order valence-electron chi connectivity index (χ1n) is 6.47. The number of hydrogen-bond acceptors (Lipinski definition) is 1. The number of rotatable bonds is 5. The lowest BCUT2D eigenvalue weighted by Crippen LogP contribution is -2.36.